The van der Waals surface area contributed by atoms with Crippen molar-refractivity contribution in [1.82, 2.24) is 25.5 Å². The molecule has 0 saturated heterocycles. The van der Waals surface area contributed by atoms with Crippen molar-refractivity contribution in [3.8, 4) is 11.1 Å². The minimum Gasteiger partial charge on any atom is -0.384 e. The number of allylic oxidation sites excluding steroid dienone is 4. The highest BCUT2D eigenvalue weighted by atomic mass is 19.4. The lowest BCUT2D eigenvalue weighted by molar-refractivity contribution is -0.137. The van der Waals surface area contributed by atoms with Crippen LogP contribution >= 0.6 is 0 Å². The molecule has 0 radical (unpaired) electrons. The first-order valence-electron chi connectivity index (χ1n) is 11.9. The summed E-state index contributed by atoms with van der Waals surface area (Å²) >= 11 is 0. The van der Waals surface area contributed by atoms with Crippen LogP contribution in [0.3, 0.4) is 0 Å². The van der Waals surface area contributed by atoms with Crippen molar-refractivity contribution in [2.75, 3.05) is 11.1 Å². The number of nitrogens with zero attached hydrogens (tertiary/aromatic N) is 3. The van der Waals surface area contributed by atoms with Gasteiger partial charge in [0.2, 0.25) is 0 Å². The molecule has 3 heterocycles. The van der Waals surface area contributed by atoms with Gasteiger partial charge in [-0.25, -0.2) is 14.4 Å². The number of carbonyl (C=O) groups is 1. The van der Waals surface area contributed by atoms with Gasteiger partial charge in [0, 0.05) is 36.6 Å². The molecule has 0 fully saturated rings. The van der Waals surface area contributed by atoms with Crippen LogP contribution in [0, 0.1) is 0 Å². The predicted molar refractivity (Wildman–Crippen MR) is 139 cm³/mol. The molecule has 3 aromatic heterocycles. The maximum absolute atomic E-state index is 13.8. The Hall–Kier alpha value is -4.74. The summed E-state index contributed by atoms with van der Waals surface area (Å²) in [6.07, 6.45) is -0.839. The van der Waals surface area contributed by atoms with Crippen LogP contribution in [0.4, 0.5) is 29.2 Å². The zero-order valence-corrected chi connectivity index (χ0v) is 20.6. The van der Waals surface area contributed by atoms with E-state index in [1.807, 2.05) is 30.3 Å². The molecule has 5 N–H and O–H groups in total. The van der Waals surface area contributed by atoms with Crippen LogP contribution in [0.5, 0.6) is 0 Å². The van der Waals surface area contributed by atoms with E-state index in [1.165, 1.54) is 12.2 Å². The Morgan fingerprint density at radius 3 is 2.64 bits per heavy atom. The van der Waals surface area contributed by atoms with Gasteiger partial charge in [-0.05, 0) is 41.8 Å². The molecule has 1 amide bonds. The molecule has 0 bridgehead atoms. The van der Waals surface area contributed by atoms with Gasteiger partial charge in [-0.3, -0.25) is 9.89 Å². The minimum atomic E-state index is -4.69. The molecule has 1 aliphatic carbocycles. The lowest BCUT2D eigenvalue weighted by atomic mass is 10.0. The number of rotatable bonds is 6. The van der Waals surface area contributed by atoms with Gasteiger partial charge >= 0.3 is 6.18 Å². The number of benzene rings is 1. The number of hydrogen-bond acceptors (Lipinski definition) is 6. The van der Waals surface area contributed by atoms with Gasteiger partial charge in [-0.2, -0.15) is 18.3 Å². The molecule has 200 valence electrons. The molecule has 1 aromatic carbocycles. The van der Waals surface area contributed by atoms with E-state index >= 15 is 0 Å². The van der Waals surface area contributed by atoms with Crippen molar-refractivity contribution in [2.45, 2.75) is 32.2 Å². The fourth-order valence-corrected chi connectivity index (χ4v) is 4.14. The summed E-state index contributed by atoms with van der Waals surface area (Å²) in [5, 5.41) is 12.9. The van der Waals surface area contributed by atoms with Crippen molar-refractivity contribution in [1.29, 1.82) is 0 Å². The summed E-state index contributed by atoms with van der Waals surface area (Å²) < 4.78 is 53.9. The first-order chi connectivity index (χ1) is 18.6. The van der Waals surface area contributed by atoms with Crippen molar-refractivity contribution >= 4 is 28.6 Å². The van der Waals surface area contributed by atoms with Gasteiger partial charge in [0.25, 0.3) is 5.91 Å². The third kappa shape index (κ3) is 5.59. The topological polar surface area (TPSA) is 122 Å². The van der Waals surface area contributed by atoms with Crippen molar-refractivity contribution in [2.24, 2.45) is 0 Å². The van der Waals surface area contributed by atoms with E-state index in [9.17, 15) is 22.4 Å². The fourth-order valence-electron chi connectivity index (χ4n) is 4.14. The third-order valence-corrected chi connectivity index (χ3v) is 6.34. The maximum Gasteiger partial charge on any atom is 0.417 e. The molecule has 1 unspecified atom stereocenters. The Labute approximate surface area is 220 Å². The molecule has 12 heteroatoms. The fraction of sp³-hybridized carbons (Fsp3) is 0.185. The second-order valence-electron chi connectivity index (χ2n) is 9.10. The van der Waals surface area contributed by atoms with Crippen molar-refractivity contribution < 1.29 is 22.4 Å². The normalized spacial score (nSPS) is 15.6. The SMILES string of the molecule is CC1=C(NC(=O)c2cc(C(F)(F)F)cnc2NCc2ccc(-c3cnc4n[nH]c(N)c4c3)cc2)CC(F)C=C1. The number of alkyl halides is 4. The zero-order chi connectivity index (χ0) is 27.7. The zero-order valence-electron chi connectivity index (χ0n) is 20.6. The Kier molecular flexibility index (Phi) is 6.77. The summed E-state index contributed by atoms with van der Waals surface area (Å²) in [5.41, 5.74) is 8.45. The molecule has 5 rings (SSSR count). The van der Waals surface area contributed by atoms with E-state index in [0.29, 0.717) is 34.3 Å². The van der Waals surface area contributed by atoms with Crippen LogP contribution in [0.25, 0.3) is 22.2 Å². The van der Waals surface area contributed by atoms with Gasteiger partial charge in [0.05, 0.1) is 16.5 Å². The maximum atomic E-state index is 13.8. The number of aromatic amines is 1. The number of amides is 1. The lowest BCUT2D eigenvalue weighted by Crippen LogP contribution is -2.28. The molecule has 0 aliphatic heterocycles. The van der Waals surface area contributed by atoms with Crippen LogP contribution in [0.1, 0.15) is 34.8 Å². The molecular formula is C27H23F4N7O. The van der Waals surface area contributed by atoms with E-state index in [-0.39, 0.29) is 24.3 Å². The van der Waals surface area contributed by atoms with Gasteiger partial charge in [-0.15, -0.1) is 0 Å². The standard InChI is InChI=1S/C27H23F4N7O/c1-14-2-7-19(28)10-22(14)36-26(39)21-9-18(27(29,30)31)13-35-24(21)33-11-15-3-5-16(6-4-15)17-8-20-23(32)37-38-25(20)34-12-17/h2-9,12-13,19H,10-11H2,1H3,(H,33,35)(H,36,39)(H3,32,34,37,38). The molecule has 1 atom stereocenters. The van der Waals surface area contributed by atoms with Crippen molar-refractivity contribution in [3.05, 3.63) is 88.9 Å². The summed E-state index contributed by atoms with van der Waals surface area (Å²) in [6.45, 7) is 1.87. The molecular weight excluding hydrogens is 514 g/mol. The monoisotopic (exact) mass is 537 g/mol. The van der Waals surface area contributed by atoms with E-state index in [1.54, 1.807) is 13.1 Å². The summed E-state index contributed by atoms with van der Waals surface area (Å²) in [4.78, 5) is 21.2. The Morgan fingerprint density at radius 2 is 1.90 bits per heavy atom. The average molecular weight is 538 g/mol. The smallest absolute Gasteiger partial charge is 0.384 e. The average Bonchev–Trinajstić information content (AvgIpc) is 3.29. The number of nitrogen functional groups attached to an aromatic ring is 1. The molecule has 1 aliphatic rings. The van der Waals surface area contributed by atoms with E-state index in [2.05, 4.69) is 30.8 Å². The van der Waals surface area contributed by atoms with Gasteiger partial charge in [0.1, 0.15) is 17.8 Å². The van der Waals surface area contributed by atoms with E-state index in [0.717, 1.165) is 22.8 Å². The molecule has 0 spiro atoms. The number of nitrogens with one attached hydrogen (secondary N) is 3. The number of carbonyl (C=O) groups excluding carboxylic acids is 1. The number of hydrogen-bond donors (Lipinski definition) is 4. The highest BCUT2D eigenvalue weighted by Gasteiger charge is 2.33. The number of aromatic nitrogens is 4. The molecule has 8 nitrogen and oxygen atoms in total. The lowest BCUT2D eigenvalue weighted by Gasteiger charge is -2.19. The largest absolute Gasteiger partial charge is 0.417 e. The first-order valence-corrected chi connectivity index (χ1v) is 11.9. The number of nitrogens with two attached hydrogens (primary N) is 1. The Bertz CT molecular complexity index is 1610. The Balaban J connectivity index is 1.35. The minimum absolute atomic E-state index is 0.0314. The molecule has 39 heavy (non-hydrogen) atoms. The summed E-state index contributed by atoms with van der Waals surface area (Å²) in [5.74, 6) is -0.430. The van der Waals surface area contributed by atoms with Crippen LogP contribution in [-0.4, -0.2) is 32.2 Å². The second kappa shape index (κ2) is 10.2. The van der Waals surface area contributed by atoms with Crippen LogP contribution in [0.2, 0.25) is 0 Å². The number of anilines is 2. The molecule has 4 aromatic rings. The highest BCUT2D eigenvalue weighted by molar-refractivity contribution is 6.00. The van der Waals surface area contributed by atoms with E-state index in [4.69, 9.17) is 5.73 Å². The second-order valence-corrected chi connectivity index (χ2v) is 9.10. The van der Waals surface area contributed by atoms with Crippen molar-refractivity contribution in [3.63, 3.8) is 0 Å². The predicted octanol–water partition coefficient (Wildman–Crippen LogP) is 5.53. The number of pyridine rings is 2. The van der Waals surface area contributed by atoms with Gasteiger partial charge in [0.15, 0.2) is 5.65 Å². The first kappa shape index (κ1) is 25.9. The number of halogens is 4. The van der Waals surface area contributed by atoms with Crippen LogP contribution in [-0.2, 0) is 12.7 Å². The number of H-pyrrole nitrogens is 1. The van der Waals surface area contributed by atoms with Crippen LogP contribution < -0.4 is 16.4 Å². The number of fused-ring (bicyclic) bond motifs is 1. The van der Waals surface area contributed by atoms with E-state index < -0.39 is 23.8 Å². The Morgan fingerprint density at radius 1 is 1.13 bits per heavy atom. The highest BCUT2D eigenvalue weighted by Crippen LogP contribution is 2.31. The van der Waals surface area contributed by atoms with Gasteiger partial charge < -0.3 is 16.4 Å². The third-order valence-electron chi connectivity index (χ3n) is 6.34. The van der Waals surface area contributed by atoms with Crippen LogP contribution in [0.15, 0.2) is 72.2 Å². The quantitative estimate of drug-likeness (QED) is 0.240. The summed E-state index contributed by atoms with van der Waals surface area (Å²) in [7, 11) is 0. The van der Waals surface area contributed by atoms with Gasteiger partial charge in [-0.1, -0.05) is 30.3 Å². The summed E-state index contributed by atoms with van der Waals surface area (Å²) in [6, 6.07) is 10.0. The molecule has 0 saturated carbocycles.